The second-order valence-corrected chi connectivity index (χ2v) is 6.43. The third-order valence-corrected chi connectivity index (χ3v) is 4.42. The van der Waals surface area contributed by atoms with Crippen molar-refractivity contribution in [2.45, 2.75) is 18.9 Å². The second-order valence-electron chi connectivity index (χ2n) is 6.43. The van der Waals surface area contributed by atoms with Crippen LogP contribution in [0.2, 0.25) is 0 Å². The summed E-state index contributed by atoms with van der Waals surface area (Å²) in [6.45, 7) is 0. The van der Waals surface area contributed by atoms with Gasteiger partial charge in [0.1, 0.15) is 5.65 Å². The number of hydrogen-bond donors (Lipinski definition) is 3. The Hall–Kier alpha value is -3.61. The van der Waals surface area contributed by atoms with Crippen LogP contribution in [0.5, 0.6) is 0 Å². The number of amides is 1. The molecule has 1 atom stereocenters. The van der Waals surface area contributed by atoms with E-state index in [9.17, 15) is 9.59 Å². The number of imidazole rings is 1. The minimum absolute atomic E-state index is 0.157. The van der Waals surface area contributed by atoms with Crippen molar-refractivity contribution in [1.82, 2.24) is 19.9 Å². The molecule has 0 unspecified atom stereocenters. The number of carbonyl (C=O) groups is 2. The van der Waals surface area contributed by atoms with Gasteiger partial charge in [-0.05, 0) is 24.1 Å². The minimum Gasteiger partial charge on any atom is -0.481 e. The van der Waals surface area contributed by atoms with Gasteiger partial charge in [-0.1, -0.05) is 42.5 Å². The van der Waals surface area contributed by atoms with Crippen LogP contribution < -0.4 is 5.32 Å². The predicted octanol–water partition coefficient (Wildman–Crippen LogP) is 2.63. The first-order valence-corrected chi connectivity index (χ1v) is 8.63. The number of rotatable bonds is 6. The molecule has 2 aromatic heterocycles. The van der Waals surface area contributed by atoms with E-state index < -0.39 is 17.9 Å². The molecule has 0 fully saturated rings. The van der Waals surface area contributed by atoms with Crippen molar-refractivity contribution < 1.29 is 14.7 Å². The summed E-state index contributed by atoms with van der Waals surface area (Å²) in [6, 6.07) is 18.3. The van der Waals surface area contributed by atoms with Crippen molar-refractivity contribution in [3.63, 3.8) is 0 Å². The monoisotopic (exact) mass is 362 g/mol. The number of aliphatic carboxylic acids is 1. The van der Waals surface area contributed by atoms with Crippen LogP contribution in [0.25, 0.3) is 16.7 Å². The van der Waals surface area contributed by atoms with Gasteiger partial charge in [0.25, 0.3) is 5.91 Å². The average molecular weight is 362 g/mol. The summed E-state index contributed by atoms with van der Waals surface area (Å²) < 4.78 is 1.67. The molecule has 2 aromatic carbocycles. The van der Waals surface area contributed by atoms with Crippen molar-refractivity contribution in [1.29, 1.82) is 0 Å². The summed E-state index contributed by atoms with van der Waals surface area (Å²) in [4.78, 5) is 27.0. The number of aromatic nitrogens is 3. The summed E-state index contributed by atoms with van der Waals surface area (Å²) in [6.07, 6.45) is 0.281. The zero-order valence-corrected chi connectivity index (χ0v) is 14.4. The molecule has 0 saturated heterocycles. The average Bonchev–Trinajstić information content (AvgIpc) is 3.20. The molecule has 0 saturated carbocycles. The molecule has 0 aliphatic carbocycles. The number of aromatic amines is 1. The quantitative estimate of drug-likeness (QED) is 0.491. The van der Waals surface area contributed by atoms with Gasteiger partial charge in [0.15, 0.2) is 5.69 Å². The lowest BCUT2D eigenvalue weighted by atomic mass is 10.0. The van der Waals surface area contributed by atoms with Crippen LogP contribution in [-0.4, -0.2) is 37.6 Å². The number of nitrogens with one attached hydrogen (secondary N) is 2. The Kier molecular flexibility index (Phi) is 4.33. The summed E-state index contributed by atoms with van der Waals surface area (Å²) in [5.74, 6) is -1.35. The van der Waals surface area contributed by atoms with Gasteiger partial charge in [0.2, 0.25) is 0 Å². The molecule has 7 nitrogen and oxygen atoms in total. The molecule has 0 radical (unpaired) electrons. The predicted molar refractivity (Wildman–Crippen MR) is 101 cm³/mol. The number of nitrogens with zero attached hydrogens (tertiary/aromatic N) is 2. The smallest absolute Gasteiger partial charge is 0.305 e. The standard InChI is InChI=1S/C20H18N4O3/c25-19(26)11-14(10-13-6-2-1-3-7-13)21-20(27)16-12-18-22-15-8-4-5-9-17(15)24(18)23-16/h1-9,12,14,22H,10-11H2,(H,21,27)(H,25,26)/t14-/m0/s1. The summed E-state index contributed by atoms with van der Waals surface area (Å²) in [7, 11) is 0. The lowest BCUT2D eigenvalue weighted by Gasteiger charge is -2.16. The van der Waals surface area contributed by atoms with Gasteiger partial charge >= 0.3 is 5.97 Å². The van der Waals surface area contributed by atoms with Crippen LogP contribution in [0.4, 0.5) is 0 Å². The molecule has 0 spiro atoms. The van der Waals surface area contributed by atoms with E-state index in [-0.39, 0.29) is 12.1 Å². The highest BCUT2D eigenvalue weighted by molar-refractivity contribution is 5.94. The number of carboxylic acid groups (broad SMARTS) is 1. The Bertz CT molecular complexity index is 1110. The van der Waals surface area contributed by atoms with Crippen molar-refractivity contribution in [3.8, 4) is 0 Å². The number of carbonyl (C=O) groups excluding carboxylic acids is 1. The molecule has 3 N–H and O–H groups in total. The molecule has 0 aliphatic rings. The van der Waals surface area contributed by atoms with Gasteiger partial charge in [-0.15, -0.1) is 0 Å². The normalized spacial score (nSPS) is 12.3. The molecule has 2 heterocycles. The Balaban J connectivity index is 1.56. The third kappa shape index (κ3) is 3.52. The molecule has 27 heavy (non-hydrogen) atoms. The first-order chi connectivity index (χ1) is 13.1. The topological polar surface area (TPSA) is 99.5 Å². The maximum atomic E-state index is 12.6. The highest BCUT2D eigenvalue weighted by Gasteiger charge is 2.20. The van der Waals surface area contributed by atoms with Gasteiger partial charge in [0, 0.05) is 12.1 Å². The van der Waals surface area contributed by atoms with Crippen LogP contribution in [0.3, 0.4) is 0 Å². The highest BCUT2D eigenvalue weighted by atomic mass is 16.4. The number of hydrogen-bond acceptors (Lipinski definition) is 3. The molecule has 4 aromatic rings. The van der Waals surface area contributed by atoms with E-state index in [0.717, 1.165) is 16.6 Å². The molecule has 7 heteroatoms. The van der Waals surface area contributed by atoms with Crippen LogP contribution in [-0.2, 0) is 11.2 Å². The van der Waals surface area contributed by atoms with Gasteiger partial charge in [0.05, 0.1) is 17.5 Å². The molecular weight excluding hydrogens is 344 g/mol. The Morgan fingerprint density at radius 1 is 1.11 bits per heavy atom. The van der Waals surface area contributed by atoms with Crippen molar-refractivity contribution in [2.75, 3.05) is 0 Å². The number of para-hydroxylation sites is 2. The fraction of sp³-hybridized carbons (Fsp3) is 0.150. The molecule has 0 bridgehead atoms. The summed E-state index contributed by atoms with van der Waals surface area (Å²) in [5.41, 5.74) is 3.72. The van der Waals surface area contributed by atoms with E-state index in [2.05, 4.69) is 15.4 Å². The second kappa shape index (κ2) is 6.95. The third-order valence-electron chi connectivity index (χ3n) is 4.42. The van der Waals surface area contributed by atoms with Crippen LogP contribution in [0.1, 0.15) is 22.5 Å². The van der Waals surface area contributed by atoms with E-state index in [0.29, 0.717) is 12.1 Å². The van der Waals surface area contributed by atoms with Gasteiger partial charge in [-0.3, -0.25) is 9.59 Å². The van der Waals surface area contributed by atoms with Crippen LogP contribution >= 0.6 is 0 Å². The van der Waals surface area contributed by atoms with E-state index >= 15 is 0 Å². The van der Waals surface area contributed by atoms with E-state index in [1.807, 2.05) is 54.6 Å². The Morgan fingerprint density at radius 3 is 2.63 bits per heavy atom. The molecule has 0 aliphatic heterocycles. The number of benzene rings is 2. The number of H-pyrrole nitrogens is 1. The van der Waals surface area contributed by atoms with Gasteiger partial charge < -0.3 is 15.4 Å². The first-order valence-electron chi connectivity index (χ1n) is 8.63. The van der Waals surface area contributed by atoms with E-state index in [1.165, 1.54) is 0 Å². The molecule has 136 valence electrons. The molecule has 1 amide bonds. The van der Waals surface area contributed by atoms with Crippen molar-refractivity contribution in [3.05, 3.63) is 71.9 Å². The van der Waals surface area contributed by atoms with Gasteiger partial charge in [-0.2, -0.15) is 5.10 Å². The van der Waals surface area contributed by atoms with Crippen LogP contribution in [0, 0.1) is 0 Å². The summed E-state index contributed by atoms with van der Waals surface area (Å²) in [5, 5.41) is 16.3. The van der Waals surface area contributed by atoms with Gasteiger partial charge in [-0.25, -0.2) is 4.52 Å². The number of carboxylic acids is 1. The molecular formula is C20H18N4O3. The first kappa shape index (κ1) is 16.8. The summed E-state index contributed by atoms with van der Waals surface area (Å²) >= 11 is 0. The van der Waals surface area contributed by atoms with Crippen molar-refractivity contribution in [2.24, 2.45) is 0 Å². The Labute approximate surface area is 154 Å². The fourth-order valence-corrected chi connectivity index (χ4v) is 3.21. The largest absolute Gasteiger partial charge is 0.481 e. The lowest BCUT2D eigenvalue weighted by molar-refractivity contribution is -0.137. The van der Waals surface area contributed by atoms with E-state index in [4.69, 9.17) is 5.11 Å². The Morgan fingerprint density at radius 2 is 1.85 bits per heavy atom. The zero-order chi connectivity index (χ0) is 18.8. The highest BCUT2D eigenvalue weighted by Crippen LogP contribution is 2.17. The van der Waals surface area contributed by atoms with E-state index in [1.54, 1.807) is 10.6 Å². The zero-order valence-electron chi connectivity index (χ0n) is 14.4. The van der Waals surface area contributed by atoms with Crippen LogP contribution in [0.15, 0.2) is 60.7 Å². The fourth-order valence-electron chi connectivity index (χ4n) is 3.21. The lowest BCUT2D eigenvalue weighted by Crippen LogP contribution is -2.38. The maximum Gasteiger partial charge on any atom is 0.305 e. The molecule has 4 rings (SSSR count). The maximum absolute atomic E-state index is 12.6. The minimum atomic E-state index is -0.959. The van der Waals surface area contributed by atoms with Crippen molar-refractivity contribution >= 4 is 28.6 Å². The number of fused-ring (bicyclic) bond motifs is 3. The SMILES string of the molecule is O=C(O)C[C@H](Cc1ccccc1)NC(=O)c1cc2[nH]c3ccccc3n2n1.